The van der Waals surface area contributed by atoms with Crippen LogP contribution in [0.2, 0.25) is 0 Å². The number of methoxy groups -OCH3 is 2. The summed E-state index contributed by atoms with van der Waals surface area (Å²) < 4.78 is 11.0. The predicted octanol–water partition coefficient (Wildman–Crippen LogP) is 6.01. The molecule has 6 heteroatoms. The molecule has 4 aromatic rings. The SMILES string of the molecule is COc1ccc(N2CC[C@@]3(C(=O)N(Cc4ccccc4)c4ccc(OC)cc43)[C@H]2c2ccc(C#N)cc2)cc1. The average Bonchev–Trinajstić information content (AvgIpc) is 3.50. The van der Waals surface area contributed by atoms with Crippen molar-refractivity contribution in [3.05, 3.63) is 119 Å². The normalized spacial score (nSPS) is 19.7. The predicted molar refractivity (Wildman–Crippen MR) is 151 cm³/mol. The van der Waals surface area contributed by atoms with Gasteiger partial charge in [-0.1, -0.05) is 42.5 Å². The first-order valence-corrected chi connectivity index (χ1v) is 13.0. The third kappa shape index (κ3) is 3.98. The number of benzene rings is 4. The Bertz CT molecular complexity index is 1540. The number of carbonyl (C=O) groups excluding carboxylic acids is 1. The molecule has 0 aliphatic carbocycles. The minimum Gasteiger partial charge on any atom is -0.497 e. The van der Waals surface area contributed by atoms with Crippen molar-refractivity contribution in [3.8, 4) is 17.6 Å². The first kappa shape index (κ1) is 24.6. The molecule has 0 aromatic heterocycles. The van der Waals surface area contributed by atoms with E-state index in [0.717, 1.165) is 39.6 Å². The number of hydrogen-bond donors (Lipinski definition) is 0. The van der Waals surface area contributed by atoms with E-state index in [9.17, 15) is 10.1 Å². The molecular formula is C33H29N3O3. The van der Waals surface area contributed by atoms with Crippen LogP contribution in [0, 0.1) is 11.3 Å². The maximum atomic E-state index is 14.8. The van der Waals surface area contributed by atoms with E-state index in [1.165, 1.54) is 0 Å². The minimum atomic E-state index is -0.827. The van der Waals surface area contributed by atoms with Crippen LogP contribution < -0.4 is 19.3 Å². The lowest BCUT2D eigenvalue weighted by Gasteiger charge is -2.36. The van der Waals surface area contributed by atoms with Gasteiger partial charge in [-0.2, -0.15) is 5.26 Å². The summed E-state index contributed by atoms with van der Waals surface area (Å²) >= 11 is 0. The van der Waals surface area contributed by atoms with Crippen LogP contribution in [0.4, 0.5) is 11.4 Å². The fraction of sp³-hybridized carbons (Fsp3) is 0.212. The number of amides is 1. The third-order valence-electron chi connectivity index (χ3n) is 8.07. The van der Waals surface area contributed by atoms with E-state index >= 15 is 0 Å². The van der Waals surface area contributed by atoms with Gasteiger partial charge < -0.3 is 19.3 Å². The van der Waals surface area contributed by atoms with Crippen LogP contribution in [0.5, 0.6) is 11.5 Å². The summed E-state index contributed by atoms with van der Waals surface area (Å²) in [6.45, 7) is 1.18. The van der Waals surface area contributed by atoms with Crippen molar-refractivity contribution in [2.24, 2.45) is 0 Å². The second-order valence-electron chi connectivity index (χ2n) is 10.0. The second-order valence-corrected chi connectivity index (χ2v) is 10.0. The first-order valence-electron chi connectivity index (χ1n) is 13.0. The molecule has 2 atom stereocenters. The molecule has 1 fully saturated rings. The Morgan fingerprint density at radius 3 is 2.26 bits per heavy atom. The number of nitriles is 1. The topological polar surface area (TPSA) is 65.8 Å². The lowest BCUT2D eigenvalue weighted by Crippen LogP contribution is -2.44. The summed E-state index contributed by atoms with van der Waals surface area (Å²) in [4.78, 5) is 19.0. The number of ether oxygens (including phenoxy) is 2. The lowest BCUT2D eigenvalue weighted by atomic mass is 9.72. The van der Waals surface area contributed by atoms with Crippen LogP contribution in [-0.2, 0) is 16.8 Å². The molecule has 0 saturated carbocycles. The van der Waals surface area contributed by atoms with Gasteiger partial charge in [0.05, 0.1) is 38.4 Å². The van der Waals surface area contributed by atoms with Crippen molar-refractivity contribution < 1.29 is 14.3 Å². The zero-order valence-electron chi connectivity index (χ0n) is 22.0. The Kier molecular flexibility index (Phi) is 6.20. The standard InChI is InChI=1S/C33H29N3O3/c1-38-27-14-12-26(13-15-27)35-19-18-33(31(35)25-10-8-23(21-34)9-11-25)29-20-28(39-2)16-17-30(29)36(32(33)37)22-24-6-4-3-5-7-24/h3-17,20,31H,18-19,22H2,1-2H3/t31-,33+/m1/s1. The smallest absolute Gasteiger partial charge is 0.240 e. The fourth-order valence-corrected chi connectivity index (χ4v) is 6.21. The van der Waals surface area contributed by atoms with Gasteiger partial charge in [0.25, 0.3) is 0 Å². The summed E-state index contributed by atoms with van der Waals surface area (Å²) in [6, 6.07) is 33.6. The molecule has 0 bridgehead atoms. The van der Waals surface area contributed by atoms with E-state index in [-0.39, 0.29) is 11.9 Å². The number of rotatable bonds is 6. The number of hydrogen-bond acceptors (Lipinski definition) is 5. The molecule has 1 spiro atoms. The summed E-state index contributed by atoms with van der Waals surface area (Å²) in [5.41, 5.74) is 4.74. The van der Waals surface area contributed by atoms with Crippen molar-refractivity contribution in [3.63, 3.8) is 0 Å². The minimum absolute atomic E-state index is 0.0833. The molecule has 1 saturated heterocycles. The molecule has 194 valence electrons. The highest BCUT2D eigenvalue weighted by Crippen LogP contribution is 2.58. The van der Waals surface area contributed by atoms with Crippen LogP contribution in [0.1, 0.15) is 34.7 Å². The summed E-state index contributed by atoms with van der Waals surface area (Å²) in [7, 11) is 3.31. The third-order valence-corrected chi connectivity index (χ3v) is 8.07. The summed E-state index contributed by atoms with van der Waals surface area (Å²) in [5.74, 6) is 1.59. The van der Waals surface area contributed by atoms with Crippen molar-refractivity contribution in [1.82, 2.24) is 0 Å². The number of fused-ring (bicyclic) bond motifs is 2. The monoisotopic (exact) mass is 515 g/mol. The highest BCUT2D eigenvalue weighted by Gasteiger charge is 2.61. The van der Waals surface area contributed by atoms with Crippen LogP contribution >= 0.6 is 0 Å². The van der Waals surface area contributed by atoms with Gasteiger partial charge in [0, 0.05) is 17.9 Å². The van der Waals surface area contributed by atoms with Gasteiger partial charge >= 0.3 is 0 Å². The van der Waals surface area contributed by atoms with Crippen molar-refractivity contribution in [2.75, 3.05) is 30.6 Å². The molecule has 6 rings (SSSR count). The molecular weight excluding hydrogens is 486 g/mol. The maximum absolute atomic E-state index is 14.8. The molecule has 0 radical (unpaired) electrons. The highest BCUT2D eigenvalue weighted by atomic mass is 16.5. The van der Waals surface area contributed by atoms with Gasteiger partial charge in [0.15, 0.2) is 0 Å². The van der Waals surface area contributed by atoms with E-state index in [4.69, 9.17) is 9.47 Å². The van der Waals surface area contributed by atoms with Gasteiger partial charge in [-0.25, -0.2) is 0 Å². The van der Waals surface area contributed by atoms with Crippen LogP contribution in [0.25, 0.3) is 0 Å². The largest absolute Gasteiger partial charge is 0.497 e. The van der Waals surface area contributed by atoms with Gasteiger partial charge in [0.2, 0.25) is 5.91 Å². The van der Waals surface area contributed by atoms with Crippen molar-refractivity contribution >= 4 is 17.3 Å². The van der Waals surface area contributed by atoms with Crippen LogP contribution in [0.15, 0.2) is 97.1 Å². The van der Waals surface area contributed by atoms with E-state index in [0.29, 0.717) is 25.1 Å². The average molecular weight is 516 g/mol. The van der Waals surface area contributed by atoms with Gasteiger partial charge in [-0.3, -0.25) is 4.79 Å². The van der Waals surface area contributed by atoms with Gasteiger partial charge in [-0.15, -0.1) is 0 Å². The second kappa shape index (κ2) is 9.85. The maximum Gasteiger partial charge on any atom is 0.240 e. The van der Waals surface area contributed by atoms with Gasteiger partial charge in [0.1, 0.15) is 16.9 Å². The molecule has 0 N–H and O–H groups in total. The molecule has 0 unspecified atom stereocenters. The van der Waals surface area contributed by atoms with Gasteiger partial charge in [-0.05, 0) is 77.7 Å². The molecule has 2 aliphatic heterocycles. The highest BCUT2D eigenvalue weighted by molar-refractivity contribution is 6.09. The number of anilines is 2. The quantitative estimate of drug-likeness (QED) is 0.315. The number of carbonyl (C=O) groups is 1. The Hall–Kier alpha value is -4.76. The summed E-state index contributed by atoms with van der Waals surface area (Å²) in [6.07, 6.45) is 0.647. The zero-order chi connectivity index (χ0) is 27.0. The molecule has 39 heavy (non-hydrogen) atoms. The van der Waals surface area contributed by atoms with Crippen LogP contribution in [0.3, 0.4) is 0 Å². The molecule has 2 heterocycles. The zero-order valence-corrected chi connectivity index (χ0v) is 22.0. The molecule has 4 aromatic carbocycles. The van der Waals surface area contributed by atoms with E-state index in [1.807, 2.05) is 89.8 Å². The Labute approximate surface area is 228 Å². The first-order chi connectivity index (χ1) is 19.1. The lowest BCUT2D eigenvalue weighted by molar-refractivity contribution is -0.123. The molecule has 6 nitrogen and oxygen atoms in total. The Morgan fingerprint density at radius 1 is 0.897 bits per heavy atom. The Morgan fingerprint density at radius 2 is 1.59 bits per heavy atom. The van der Waals surface area contributed by atoms with Crippen molar-refractivity contribution in [2.45, 2.75) is 24.4 Å². The van der Waals surface area contributed by atoms with E-state index in [1.54, 1.807) is 14.2 Å². The Balaban J connectivity index is 1.53. The van der Waals surface area contributed by atoms with E-state index in [2.05, 4.69) is 23.1 Å². The van der Waals surface area contributed by atoms with E-state index < -0.39 is 5.41 Å². The molecule has 1 amide bonds. The van der Waals surface area contributed by atoms with Crippen molar-refractivity contribution in [1.29, 1.82) is 5.26 Å². The number of nitrogens with zero attached hydrogens (tertiary/aromatic N) is 3. The summed E-state index contributed by atoms with van der Waals surface area (Å²) in [5, 5.41) is 9.44. The fourth-order valence-electron chi connectivity index (χ4n) is 6.21. The molecule has 2 aliphatic rings. The van der Waals surface area contributed by atoms with Crippen LogP contribution in [-0.4, -0.2) is 26.7 Å².